The maximum absolute atomic E-state index is 12.3. The number of halogens is 3. The Morgan fingerprint density at radius 3 is 2.40 bits per heavy atom. The molecule has 0 aliphatic heterocycles. The molecule has 0 saturated heterocycles. The Kier molecular flexibility index (Phi) is 5.00. The zero-order valence-corrected chi connectivity index (χ0v) is 11.8. The summed E-state index contributed by atoms with van der Waals surface area (Å²) in [6.45, 7) is -1.41. The lowest BCUT2D eigenvalue weighted by atomic mass is 10.2. The fourth-order valence-electron chi connectivity index (χ4n) is 1.56. The molecule has 0 spiro atoms. The molecule has 0 aromatic heterocycles. The van der Waals surface area contributed by atoms with Crippen LogP contribution in [0.5, 0.6) is 5.75 Å². The van der Waals surface area contributed by atoms with E-state index in [2.05, 4.69) is 0 Å². The summed E-state index contributed by atoms with van der Waals surface area (Å²) in [5, 5.41) is 0. The van der Waals surface area contributed by atoms with Crippen molar-refractivity contribution in [2.75, 3.05) is 20.7 Å². The standard InChI is InChI=1S/C11H15F3N2O3S/c1-16(7-11(12,13)14)20(17,18)10-4-3-8(6-15)5-9(10)19-2/h3-5H,6-7,15H2,1-2H3. The molecule has 0 amide bonds. The predicted octanol–water partition coefficient (Wildman–Crippen LogP) is 1.34. The van der Waals surface area contributed by atoms with Crippen molar-refractivity contribution in [3.63, 3.8) is 0 Å². The molecule has 0 saturated carbocycles. The summed E-state index contributed by atoms with van der Waals surface area (Å²) in [7, 11) is -2.20. The minimum absolute atomic E-state index is 0.0398. The Morgan fingerprint density at radius 1 is 1.35 bits per heavy atom. The summed E-state index contributed by atoms with van der Waals surface area (Å²) in [5.41, 5.74) is 6.02. The maximum Gasteiger partial charge on any atom is 0.402 e. The average molecular weight is 312 g/mol. The van der Waals surface area contributed by atoms with E-state index in [0.29, 0.717) is 5.56 Å². The molecule has 0 unspecified atom stereocenters. The van der Waals surface area contributed by atoms with Crippen LogP contribution in [-0.2, 0) is 16.6 Å². The normalized spacial score (nSPS) is 12.8. The molecule has 1 rings (SSSR count). The number of nitrogens with two attached hydrogens (primary N) is 1. The first-order valence-corrected chi connectivity index (χ1v) is 6.96. The molecule has 0 radical (unpaired) electrons. The summed E-state index contributed by atoms with van der Waals surface area (Å²) < 4.78 is 66.2. The number of hydrogen-bond donors (Lipinski definition) is 1. The van der Waals surface area contributed by atoms with E-state index in [4.69, 9.17) is 10.5 Å². The van der Waals surface area contributed by atoms with Crippen molar-refractivity contribution >= 4 is 10.0 Å². The van der Waals surface area contributed by atoms with Crippen LogP contribution >= 0.6 is 0 Å². The Bertz CT molecular complexity index is 573. The Labute approximate surface area is 115 Å². The lowest BCUT2D eigenvalue weighted by molar-refractivity contribution is -0.134. The van der Waals surface area contributed by atoms with Gasteiger partial charge in [0.05, 0.1) is 7.11 Å². The molecule has 0 aliphatic rings. The zero-order chi connectivity index (χ0) is 15.6. The minimum Gasteiger partial charge on any atom is -0.495 e. The van der Waals surface area contributed by atoms with E-state index < -0.39 is 22.7 Å². The number of alkyl halides is 3. The number of benzene rings is 1. The fraction of sp³-hybridized carbons (Fsp3) is 0.455. The highest BCUT2D eigenvalue weighted by molar-refractivity contribution is 7.89. The van der Waals surface area contributed by atoms with Crippen molar-refractivity contribution < 1.29 is 26.3 Å². The van der Waals surface area contributed by atoms with Crippen LogP contribution in [0.15, 0.2) is 23.1 Å². The summed E-state index contributed by atoms with van der Waals surface area (Å²) in [6.07, 6.45) is -4.62. The van der Waals surface area contributed by atoms with Crippen LogP contribution in [0.25, 0.3) is 0 Å². The number of methoxy groups -OCH3 is 1. The van der Waals surface area contributed by atoms with Gasteiger partial charge in [-0.05, 0) is 17.7 Å². The van der Waals surface area contributed by atoms with Gasteiger partial charge in [0.2, 0.25) is 10.0 Å². The topological polar surface area (TPSA) is 72.6 Å². The minimum atomic E-state index is -4.62. The molecule has 1 aromatic rings. The first kappa shape index (κ1) is 16.7. The number of nitrogens with zero attached hydrogens (tertiary/aromatic N) is 1. The molecular weight excluding hydrogens is 297 g/mol. The second kappa shape index (κ2) is 5.98. The van der Waals surface area contributed by atoms with Crippen LogP contribution in [0.2, 0.25) is 0 Å². The van der Waals surface area contributed by atoms with Crippen molar-refractivity contribution in [2.24, 2.45) is 5.73 Å². The van der Waals surface area contributed by atoms with Crippen LogP contribution in [0.1, 0.15) is 5.56 Å². The van der Waals surface area contributed by atoms with E-state index in [9.17, 15) is 21.6 Å². The maximum atomic E-state index is 12.3. The SMILES string of the molecule is COc1cc(CN)ccc1S(=O)(=O)N(C)CC(F)(F)F. The molecule has 0 fully saturated rings. The number of rotatable bonds is 5. The highest BCUT2D eigenvalue weighted by Gasteiger charge is 2.35. The third-order valence-corrected chi connectivity index (χ3v) is 4.40. The van der Waals surface area contributed by atoms with Gasteiger partial charge in [0, 0.05) is 13.6 Å². The molecule has 5 nitrogen and oxygen atoms in total. The third-order valence-electron chi connectivity index (χ3n) is 2.55. The smallest absolute Gasteiger partial charge is 0.402 e. The molecule has 0 bridgehead atoms. The van der Waals surface area contributed by atoms with Crippen molar-refractivity contribution in [1.29, 1.82) is 0 Å². The quantitative estimate of drug-likeness (QED) is 0.890. The molecule has 0 heterocycles. The first-order chi connectivity index (χ1) is 9.11. The molecule has 114 valence electrons. The Morgan fingerprint density at radius 2 is 1.95 bits per heavy atom. The van der Waals surface area contributed by atoms with Crippen molar-refractivity contribution in [3.8, 4) is 5.75 Å². The fourth-order valence-corrected chi connectivity index (χ4v) is 2.85. The van der Waals surface area contributed by atoms with E-state index in [-0.39, 0.29) is 21.5 Å². The van der Waals surface area contributed by atoms with E-state index in [1.807, 2.05) is 0 Å². The number of ether oxygens (including phenoxy) is 1. The molecular formula is C11H15F3N2O3S. The lowest BCUT2D eigenvalue weighted by Crippen LogP contribution is -2.36. The summed E-state index contributed by atoms with van der Waals surface area (Å²) in [6, 6.07) is 3.99. The van der Waals surface area contributed by atoms with Crippen LogP contribution < -0.4 is 10.5 Å². The third kappa shape index (κ3) is 3.84. The van der Waals surface area contributed by atoms with Crippen molar-refractivity contribution in [3.05, 3.63) is 23.8 Å². The van der Waals surface area contributed by atoms with Gasteiger partial charge in [-0.2, -0.15) is 17.5 Å². The van der Waals surface area contributed by atoms with E-state index in [1.165, 1.54) is 25.3 Å². The second-order valence-corrected chi connectivity index (χ2v) is 6.08. The first-order valence-electron chi connectivity index (χ1n) is 5.52. The van der Waals surface area contributed by atoms with Crippen LogP contribution in [0.4, 0.5) is 13.2 Å². The van der Waals surface area contributed by atoms with Gasteiger partial charge in [0.25, 0.3) is 0 Å². The molecule has 0 atom stereocenters. The molecule has 20 heavy (non-hydrogen) atoms. The van der Waals surface area contributed by atoms with Crippen molar-refractivity contribution in [2.45, 2.75) is 17.6 Å². The van der Waals surface area contributed by atoms with Crippen LogP contribution in [0, 0.1) is 0 Å². The monoisotopic (exact) mass is 312 g/mol. The number of sulfonamides is 1. The van der Waals surface area contributed by atoms with Crippen molar-refractivity contribution in [1.82, 2.24) is 4.31 Å². The summed E-state index contributed by atoms with van der Waals surface area (Å²) in [4.78, 5) is -0.330. The zero-order valence-electron chi connectivity index (χ0n) is 10.9. The van der Waals surface area contributed by atoms with E-state index in [1.54, 1.807) is 0 Å². The van der Waals surface area contributed by atoms with Gasteiger partial charge in [-0.3, -0.25) is 0 Å². The second-order valence-electron chi connectivity index (χ2n) is 4.07. The van der Waals surface area contributed by atoms with Gasteiger partial charge in [-0.25, -0.2) is 8.42 Å². The Hall–Kier alpha value is -1.32. The van der Waals surface area contributed by atoms with Crippen LogP contribution in [0.3, 0.4) is 0 Å². The highest BCUT2D eigenvalue weighted by atomic mass is 32.2. The Balaban J connectivity index is 3.21. The molecule has 1 aromatic carbocycles. The average Bonchev–Trinajstić information content (AvgIpc) is 2.35. The summed E-state index contributed by atoms with van der Waals surface area (Å²) in [5.74, 6) is -0.0398. The lowest BCUT2D eigenvalue weighted by Gasteiger charge is -2.20. The van der Waals surface area contributed by atoms with E-state index >= 15 is 0 Å². The van der Waals surface area contributed by atoms with Gasteiger partial charge in [0.15, 0.2) is 0 Å². The van der Waals surface area contributed by atoms with Crippen LogP contribution in [-0.4, -0.2) is 39.6 Å². The largest absolute Gasteiger partial charge is 0.495 e. The van der Waals surface area contributed by atoms with E-state index in [0.717, 1.165) is 7.05 Å². The molecule has 0 aliphatic carbocycles. The van der Waals surface area contributed by atoms with Gasteiger partial charge in [-0.15, -0.1) is 0 Å². The highest BCUT2D eigenvalue weighted by Crippen LogP contribution is 2.29. The summed E-state index contributed by atoms with van der Waals surface area (Å²) >= 11 is 0. The predicted molar refractivity (Wildman–Crippen MR) is 66.8 cm³/mol. The van der Waals surface area contributed by atoms with Gasteiger partial charge < -0.3 is 10.5 Å². The van der Waals surface area contributed by atoms with Gasteiger partial charge in [-0.1, -0.05) is 6.07 Å². The number of hydrogen-bond acceptors (Lipinski definition) is 4. The molecule has 9 heteroatoms. The van der Waals surface area contributed by atoms with Gasteiger partial charge >= 0.3 is 6.18 Å². The molecule has 2 N–H and O–H groups in total. The van der Waals surface area contributed by atoms with Gasteiger partial charge in [0.1, 0.15) is 17.2 Å².